The molecule has 0 unspecified atom stereocenters. The smallest absolute Gasteiger partial charge is 0.413 e. The molecule has 0 fully saturated rings. The second-order valence-corrected chi connectivity index (χ2v) is 4.82. The Morgan fingerprint density at radius 1 is 1.20 bits per heavy atom. The Balaban J connectivity index is 2.61. The number of carboxylic acid groups (broad SMARTS) is 1. The van der Waals surface area contributed by atoms with Crippen LogP contribution in [-0.2, 0) is 14.3 Å². The van der Waals surface area contributed by atoms with Gasteiger partial charge in [0.25, 0.3) is 0 Å². The van der Waals surface area contributed by atoms with E-state index in [1.54, 1.807) is 20.8 Å². The molecule has 0 aliphatic carbocycles. The van der Waals surface area contributed by atoms with Gasteiger partial charge in [0.15, 0.2) is 0 Å². The van der Waals surface area contributed by atoms with Crippen LogP contribution in [0.4, 0.5) is 16.3 Å². The number of carbonyl (C=O) groups excluding carboxylic acids is 2. The minimum Gasteiger partial charge on any atom is -0.474 e. The summed E-state index contributed by atoms with van der Waals surface area (Å²) in [6, 6.07) is 2.81. The van der Waals surface area contributed by atoms with Gasteiger partial charge in [0.2, 0.25) is 0 Å². The number of nitrogens with one attached hydrogen (secondary N) is 2. The zero-order valence-corrected chi connectivity index (χ0v) is 11.3. The largest absolute Gasteiger partial charge is 0.474 e. The number of hydrogen-bond donors (Lipinski definition) is 3. The van der Waals surface area contributed by atoms with E-state index in [4.69, 9.17) is 9.84 Å². The van der Waals surface area contributed by atoms with E-state index >= 15 is 0 Å². The van der Waals surface area contributed by atoms with Crippen LogP contribution < -0.4 is 10.6 Å². The van der Waals surface area contributed by atoms with Crippen LogP contribution in [0.15, 0.2) is 18.3 Å². The molecule has 1 aromatic rings. The zero-order valence-electron chi connectivity index (χ0n) is 11.3. The average molecular weight is 281 g/mol. The van der Waals surface area contributed by atoms with Crippen molar-refractivity contribution in [1.82, 2.24) is 4.98 Å². The topological polar surface area (TPSA) is 118 Å². The van der Waals surface area contributed by atoms with Gasteiger partial charge in [-0.1, -0.05) is 0 Å². The summed E-state index contributed by atoms with van der Waals surface area (Å²) < 4.78 is 5.03. The highest BCUT2D eigenvalue weighted by Crippen LogP contribution is 2.12. The van der Waals surface area contributed by atoms with Crippen molar-refractivity contribution in [1.29, 1.82) is 0 Å². The second-order valence-electron chi connectivity index (χ2n) is 4.82. The van der Waals surface area contributed by atoms with Gasteiger partial charge in [0.1, 0.15) is 11.4 Å². The maximum Gasteiger partial charge on any atom is 0.413 e. The lowest BCUT2D eigenvalue weighted by Gasteiger charge is -2.19. The standard InChI is InChI=1S/C12H15N3O5/c1-12(2,3)20-11(19)15-8-5-4-7(6-13-8)14-9(16)10(17)18/h4-6H,1-3H3,(H,14,16)(H,17,18)(H,13,15,19). The number of ether oxygens (including phenoxy) is 1. The highest BCUT2D eigenvalue weighted by atomic mass is 16.6. The molecule has 20 heavy (non-hydrogen) atoms. The summed E-state index contributed by atoms with van der Waals surface area (Å²) in [6.07, 6.45) is 0.556. The fourth-order valence-electron chi connectivity index (χ4n) is 1.13. The molecule has 0 aliphatic rings. The molecule has 0 aromatic carbocycles. The van der Waals surface area contributed by atoms with Gasteiger partial charge in [-0.2, -0.15) is 0 Å². The second kappa shape index (κ2) is 6.00. The van der Waals surface area contributed by atoms with Gasteiger partial charge in [-0.15, -0.1) is 0 Å². The summed E-state index contributed by atoms with van der Waals surface area (Å²) in [5.41, 5.74) is -0.424. The number of aliphatic carboxylic acids is 1. The first-order valence-electron chi connectivity index (χ1n) is 5.68. The fourth-order valence-corrected chi connectivity index (χ4v) is 1.13. The quantitative estimate of drug-likeness (QED) is 0.706. The first kappa shape index (κ1) is 15.4. The molecule has 0 saturated carbocycles. The molecule has 0 bridgehead atoms. The Morgan fingerprint density at radius 2 is 1.85 bits per heavy atom. The molecule has 0 spiro atoms. The van der Waals surface area contributed by atoms with Gasteiger partial charge in [-0.25, -0.2) is 14.6 Å². The van der Waals surface area contributed by atoms with Gasteiger partial charge in [0, 0.05) is 0 Å². The maximum absolute atomic E-state index is 11.5. The van der Waals surface area contributed by atoms with Crippen molar-refractivity contribution >= 4 is 29.5 Å². The molecule has 3 N–H and O–H groups in total. The predicted molar refractivity (Wildman–Crippen MR) is 70.4 cm³/mol. The van der Waals surface area contributed by atoms with Gasteiger partial charge >= 0.3 is 18.0 Å². The molecule has 8 nitrogen and oxygen atoms in total. The van der Waals surface area contributed by atoms with Gasteiger partial charge in [0.05, 0.1) is 11.9 Å². The van der Waals surface area contributed by atoms with Crippen molar-refractivity contribution in [2.24, 2.45) is 0 Å². The fraction of sp³-hybridized carbons (Fsp3) is 0.333. The summed E-state index contributed by atoms with van der Waals surface area (Å²) in [4.78, 5) is 36.5. The molecule has 0 saturated heterocycles. The lowest BCUT2D eigenvalue weighted by atomic mass is 10.2. The van der Waals surface area contributed by atoms with Gasteiger partial charge in [-0.05, 0) is 32.9 Å². The molecule has 1 heterocycles. The molecule has 0 atom stereocenters. The van der Waals surface area contributed by atoms with Crippen molar-refractivity contribution in [3.8, 4) is 0 Å². The van der Waals surface area contributed by atoms with E-state index in [0.29, 0.717) is 0 Å². The Hall–Kier alpha value is -2.64. The van der Waals surface area contributed by atoms with E-state index in [1.807, 2.05) is 0 Å². The van der Waals surface area contributed by atoms with Crippen LogP contribution in [-0.4, -0.2) is 33.7 Å². The third-order valence-corrected chi connectivity index (χ3v) is 1.84. The van der Waals surface area contributed by atoms with Crippen LogP contribution in [0, 0.1) is 0 Å². The zero-order chi connectivity index (χ0) is 15.3. The van der Waals surface area contributed by atoms with Crippen molar-refractivity contribution in [2.75, 3.05) is 10.6 Å². The van der Waals surface area contributed by atoms with E-state index in [0.717, 1.165) is 0 Å². The summed E-state index contributed by atoms with van der Waals surface area (Å²) in [7, 11) is 0. The van der Waals surface area contributed by atoms with E-state index < -0.39 is 23.6 Å². The van der Waals surface area contributed by atoms with Crippen LogP contribution >= 0.6 is 0 Å². The average Bonchev–Trinajstić information content (AvgIpc) is 2.28. The molecule has 108 valence electrons. The summed E-state index contributed by atoms with van der Waals surface area (Å²) in [6.45, 7) is 5.18. The van der Waals surface area contributed by atoms with Crippen LogP contribution in [0.3, 0.4) is 0 Å². The molecular formula is C12H15N3O5. The van der Waals surface area contributed by atoms with E-state index in [1.165, 1.54) is 18.3 Å². The first-order valence-corrected chi connectivity index (χ1v) is 5.68. The van der Waals surface area contributed by atoms with Crippen molar-refractivity contribution < 1.29 is 24.2 Å². The lowest BCUT2D eigenvalue weighted by Crippen LogP contribution is -2.27. The van der Waals surface area contributed by atoms with Crippen LogP contribution in [0.1, 0.15) is 20.8 Å². The van der Waals surface area contributed by atoms with Crippen LogP contribution in [0.5, 0.6) is 0 Å². The molecule has 1 rings (SSSR count). The number of rotatable bonds is 2. The Bertz CT molecular complexity index is 519. The number of carbonyl (C=O) groups is 3. The highest BCUT2D eigenvalue weighted by molar-refractivity contribution is 6.36. The number of hydrogen-bond acceptors (Lipinski definition) is 5. The summed E-state index contributed by atoms with van der Waals surface area (Å²) >= 11 is 0. The molecule has 0 aliphatic heterocycles. The maximum atomic E-state index is 11.5. The van der Waals surface area contributed by atoms with E-state index in [-0.39, 0.29) is 11.5 Å². The third-order valence-electron chi connectivity index (χ3n) is 1.84. The first-order chi connectivity index (χ1) is 9.17. The number of anilines is 2. The van der Waals surface area contributed by atoms with E-state index in [9.17, 15) is 14.4 Å². The van der Waals surface area contributed by atoms with Crippen molar-refractivity contribution in [3.63, 3.8) is 0 Å². The number of carboxylic acids is 1. The minimum atomic E-state index is -1.60. The van der Waals surface area contributed by atoms with Crippen LogP contribution in [0.2, 0.25) is 0 Å². The molecule has 2 amide bonds. The molecule has 8 heteroatoms. The molecule has 0 radical (unpaired) electrons. The number of nitrogens with zero attached hydrogens (tertiary/aromatic N) is 1. The Kier molecular flexibility index (Phi) is 4.63. The van der Waals surface area contributed by atoms with Gasteiger partial charge in [-0.3, -0.25) is 10.1 Å². The van der Waals surface area contributed by atoms with Gasteiger partial charge < -0.3 is 15.2 Å². The summed E-state index contributed by atoms with van der Waals surface area (Å²) in [5.74, 6) is -2.55. The van der Waals surface area contributed by atoms with Crippen molar-refractivity contribution in [2.45, 2.75) is 26.4 Å². The highest BCUT2D eigenvalue weighted by Gasteiger charge is 2.16. The molecular weight excluding hydrogens is 266 g/mol. The Labute approximate surface area is 115 Å². The number of aromatic nitrogens is 1. The normalized spacial score (nSPS) is 10.6. The predicted octanol–water partition coefficient (Wildman–Crippen LogP) is 1.45. The molecule has 1 aromatic heterocycles. The third kappa shape index (κ3) is 5.34. The SMILES string of the molecule is CC(C)(C)OC(=O)Nc1ccc(NC(=O)C(=O)O)cn1. The lowest BCUT2D eigenvalue weighted by molar-refractivity contribution is -0.147. The Morgan fingerprint density at radius 3 is 2.30 bits per heavy atom. The number of pyridine rings is 1. The van der Waals surface area contributed by atoms with E-state index in [2.05, 4.69) is 15.6 Å². The van der Waals surface area contributed by atoms with Crippen molar-refractivity contribution in [3.05, 3.63) is 18.3 Å². The summed E-state index contributed by atoms with van der Waals surface area (Å²) in [5, 5.41) is 12.9. The monoisotopic (exact) mass is 281 g/mol. The minimum absolute atomic E-state index is 0.201. The van der Waals surface area contributed by atoms with Crippen LogP contribution in [0.25, 0.3) is 0 Å². The number of amides is 2.